The first-order valence-electron chi connectivity index (χ1n) is 5.94. The van der Waals surface area contributed by atoms with Crippen molar-refractivity contribution in [2.24, 2.45) is 0 Å². The molecular formula is C14H17N3O. The van der Waals surface area contributed by atoms with Crippen LogP contribution in [-0.2, 0) is 6.61 Å². The van der Waals surface area contributed by atoms with Gasteiger partial charge in [-0.25, -0.2) is 9.97 Å². The first kappa shape index (κ1) is 12.5. The second-order valence-corrected chi connectivity index (χ2v) is 4.54. The van der Waals surface area contributed by atoms with Crippen LogP contribution < -0.4 is 5.73 Å². The molecule has 0 radical (unpaired) electrons. The number of aliphatic hydroxyl groups is 1. The molecule has 1 aromatic carbocycles. The standard InChI is InChI=1S/C14H17N3O/c1-9(2)10-3-5-11(6-4-10)14-16-7-12(8-18)13(15)17-14/h3-7,9,18H,8H2,1-2H3,(H2,15,16,17). The molecule has 94 valence electrons. The molecule has 0 saturated heterocycles. The number of nitrogen functional groups attached to an aromatic ring is 1. The maximum Gasteiger partial charge on any atom is 0.161 e. The van der Waals surface area contributed by atoms with Gasteiger partial charge < -0.3 is 10.8 Å². The molecule has 0 spiro atoms. The predicted molar refractivity (Wildman–Crippen MR) is 71.9 cm³/mol. The van der Waals surface area contributed by atoms with Crippen molar-refractivity contribution in [3.05, 3.63) is 41.6 Å². The van der Waals surface area contributed by atoms with Crippen molar-refractivity contribution in [1.29, 1.82) is 0 Å². The molecule has 0 atom stereocenters. The van der Waals surface area contributed by atoms with Crippen molar-refractivity contribution in [3.8, 4) is 11.4 Å². The lowest BCUT2D eigenvalue weighted by Gasteiger charge is -2.07. The summed E-state index contributed by atoms with van der Waals surface area (Å²) in [5.74, 6) is 1.41. The van der Waals surface area contributed by atoms with Gasteiger partial charge in [-0.15, -0.1) is 0 Å². The summed E-state index contributed by atoms with van der Waals surface area (Å²) in [4.78, 5) is 8.40. The lowest BCUT2D eigenvalue weighted by Crippen LogP contribution is -2.01. The number of hydrogen-bond acceptors (Lipinski definition) is 4. The van der Waals surface area contributed by atoms with Crippen molar-refractivity contribution in [3.63, 3.8) is 0 Å². The molecule has 0 saturated carbocycles. The number of hydrogen-bond donors (Lipinski definition) is 2. The van der Waals surface area contributed by atoms with Gasteiger partial charge in [-0.3, -0.25) is 0 Å². The third-order valence-corrected chi connectivity index (χ3v) is 2.90. The minimum absolute atomic E-state index is 0.140. The molecule has 0 aliphatic heterocycles. The number of nitrogens with zero attached hydrogens (tertiary/aromatic N) is 2. The Labute approximate surface area is 107 Å². The van der Waals surface area contributed by atoms with E-state index in [1.165, 1.54) is 5.56 Å². The van der Waals surface area contributed by atoms with Gasteiger partial charge in [0.05, 0.1) is 6.61 Å². The highest BCUT2D eigenvalue weighted by Crippen LogP contribution is 2.21. The third-order valence-electron chi connectivity index (χ3n) is 2.90. The Morgan fingerprint density at radius 2 is 1.89 bits per heavy atom. The first-order chi connectivity index (χ1) is 8.61. The van der Waals surface area contributed by atoms with Gasteiger partial charge in [0.2, 0.25) is 0 Å². The molecule has 18 heavy (non-hydrogen) atoms. The van der Waals surface area contributed by atoms with E-state index < -0.39 is 0 Å². The maximum atomic E-state index is 9.02. The van der Waals surface area contributed by atoms with Crippen LogP contribution in [0.5, 0.6) is 0 Å². The zero-order valence-corrected chi connectivity index (χ0v) is 10.6. The maximum absolute atomic E-state index is 9.02. The predicted octanol–water partition coefficient (Wildman–Crippen LogP) is 2.34. The lowest BCUT2D eigenvalue weighted by molar-refractivity contribution is 0.281. The average Bonchev–Trinajstić information content (AvgIpc) is 2.38. The van der Waals surface area contributed by atoms with Gasteiger partial charge in [0.25, 0.3) is 0 Å². The molecule has 1 aromatic heterocycles. The normalized spacial score (nSPS) is 10.9. The summed E-state index contributed by atoms with van der Waals surface area (Å²) >= 11 is 0. The van der Waals surface area contributed by atoms with Gasteiger partial charge in [-0.1, -0.05) is 38.1 Å². The van der Waals surface area contributed by atoms with Crippen LogP contribution in [0.25, 0.3) is 11.4 Å². The molecule has 2 rings (SSSR count). The smallest absolute Gasteiger partial charge is 0.161 e. The third kappa shape index (κ3) is 2.49. The van der Waals surface area contributed by atoms with Crippen molar-refractivity contribution in [2.45, 2.75) is 26.4 Å². The summed E-state index contributed by atoms with van der Waals surface area (Å²) in [5.41, 5.74) is 8.49. The molecule has 4 heteroatoms. The van der Waals surface area contributed by atoms with Crippen LogP contribution >= 0.6 is 0 Å². The molecular weight excluding hydrogens is 226 g/mol. The van der Waals surface area contributed by atoms with E-state index in [1.807, 2.05) is 12.1 Å². The number of benzene rings is 1. The summed E-state index contributed by atoms with van der Waals surface area (Å²) in [7, 11) is 0. The van der Waals surface area contributed by atoms with Crippen LogP contribution in [0.15, 0.2) is 30.5 Å². The average molecular weight is 243 g/mol. The lowest BCUT2D eigenvalue weighted by atomic mass is 10.0. The monoisotopic (exact) mass is 243 g/mol. The number of nitrogens with two attached hydrogens (primary N) is 1. The largest absolute Gasteiger partial charge is 0.391 e. The Morgan fingerprint density at radius 1 is 1.22 bits per heavy atom. The van der Waals surface area contributed by atoms with Crippen LogP contribution in [-0.4, -0.2) is 15.1 Å². The topological polar surface area (TPSA) is 72.0 Å². The molecule has 0 unspecified atom stereocenters. The Hall–Kier alpha value is -1.94. The fraction of sp³-hybridized carbons (Fsp3) is 0.286. The zero-order chi connectivity index (χ0) is 13.1. The Bertz CT molecular complexity index is 535. The van der Waals surface area contributed by atoms with E-state index in [-0.39, 0.29) is 6.61 Å². The van der Waals surface area contributed by atoms with E-state index >= 15 is 0 Å². The fourth-order valence-electron chi connectivity index (χ4n) is 1.70. The number of aromatic nitrogens is 2. The van der Waals surface area contributed by atoms with Crippen LogP contribution in [0.4, 0.5) is 5.82 Å². The number of aliphatic hydroxyl groups excluding tert-OH is 1. The molecule has 0 amide bonds. The van der Waals surface area contributed by atoms with Crippen molar-refractivity contribution in [2.75, 3.05) is 5.73 Å². The van der Waals surface area contributed by atoms with Gasteiger partial charge >= 0.3 is 0 Å². The Balaban J connectivity index is 2.34. The van der Waals surface area contributed by atoms with E-state index in [2.05, 4.69) is 35.9 Å². The van der Waals surface area contributed by atoms with E-state index in [0.29, 0.717) is 23.1 Å². The summed E-state index contributed by atoms with van der Waals surface area (Å²) < 4.78 is 0. The molecule has 1 heterocycles. The molecule has 0 bridgehead atoms. The van der Waals surface area contributed by atoms with E-state index in [0.717, 1.165) is 5.56 Å². The molecule has 0 aliphatic rings. The SMILES string of the molecule is CC(C)c1ccc(-c2ncc(CO)c(N)n2)cc1. The number of rotatable bonds is 3. The molecule has 2 aromatic rings. The summed E-state index contributed by atoms with van der Waals surface area (Å²) in [6, 6.07) is 8.12. The highest BCUT2D eigenvalue weighted by Gasteiger charge is 2.06. The minimum Gasteiger partial charge on any atom is -0.391 e. The van der Waals surface area contributed by atoms with Gasteiger partial charge in [0, 0.05) is 17.3 Å². The van der Waals surface area contributed by atoms with E-state index in [4.69, 9.17) is 10.8 Å². The second-order valence-electron chi connectivity index (χ2n) is 4.54. The minimum atomic E-state index is -0.140. The molecule has 0 aliphatic carbocycles. The highest BCUT2D eigenvalue weighted by atomic mass is 16.3. The van der Waals surface area contributed by atoms with Crippen molar-refractivity contribution in [1.82, 2.24) is 9.97 Å². The first-order valence-corrected chi connectivity index (χ1v) is 5.94. The molecule has 4 nitrogen and oxygen atoms in total. The van der Waals surface area contributed by atoms with Crippen molar-refractivity contribution < 1.29 is 5.11 Å². The van der Waals surface area contributed by atoms with Gasteiger partial charge in [-0.05, 0) is 11.5 Å². The fourth-order valence-corrected chi connectivity index (χ4v) is 1.70. The second kappa shape index (κ2) is 5.14. The summed E-state index contributed by atoms with van der Waals surface area (Å²) in [6.45, 7) is 4.16. The van der Waals surface area contributed by atoms with E-state index in [1.54, 1.807) is 6.20 Å². The molecule has 3 N–H and O–H groups in total. The van der Waals surface area contributed by atoms with Gasteiger partial charge in [-0.2, -0.15) is 0 Å². The van der Waals surface area contributed by atoms with E-state index in [9.17, 15) is 0 Å². The summed E-state index contributed by atoms with van der Waals surface area (Å²) in [5, 5.41) is 9.02. The number of anilines is 1. The summed E-state index contributed by atoms with van der Waals surface area (Å²) in [6.07, 6.45) is 1.56. The Morgan fingerprint density at radius 3 is 2.39 bits per heavy atom. The van der Waals surface area contributed by atoms with Crippen molar-refractivity contribution >= 4 is 5.82 Å². The van der Waals surface area contributed by atoms with Crippen LogP contribution in [0.2, 0.25) is 0 Å². The van der Waals surface area contributed by atoms with Gasteiger partial charge in [0.15, 0.2) is 5.82 Å². The highest BCUT2D eigenvalue weighted by molar-refractivity contribution is 5.58. The van der Waals surface area contributed by atoms with Crippen LogP contribution in [0.1, 0.15) is 30.9 Å². The Kier molecular flexibility index (Phi) is 3.58. The van der Waals surface area contributed by atoms with Crippen LogP contribution in [0.3, 0.4) is 0 Å². The zero-order valence-electron chi connectivity index (χ0n) is 10.6. The quantitative estimate of drug-likeness (QED) is 0.868. The van der Waals surface area contributed by atoms with Gasteiger partial charge in [0.1, 0.15) is 5.82 Å². The molecule has 0 fully saturated rings. The van der Waals surface area contributed by atoms with Crippen LogP contribution in [0, 0.1) is 0 Å².